The van der Waals surface area contributed by atoms with Gasteiger partial charge >= 0.3 is 0 Å². The molecule has 0 saturated carbocycles. The van der Waals surface area contributed by atoms with Crippen molar-refractivity contribution in [3.05, 3.63) is 70.8 Å². The van der Waals surface area contributed by atoms with Crippen LogP contribution in [0.25, 0.3) is 0 Å². The molecule has 2 aromatic rings. The van der Waals surface area contributed by atoms with Crippen molar-refractivity contribution in [1.29, 1.82) is 0 Å². The highest BCUT2D eigenvalue weighted by molar-refractivity contribution is 7.88. The Hall–Kier alpha value is -2.22. The zero-order valence-corrected chi connectivity index (χ0v) is 18.8. The van der Waals surface area contributed by atoms with Crippen molar-refractivity contribution >= 4 is 15.9 Å². The van der Waals surface area contributed by atoms with Gasteiger partial charge < -0.3 is 10.2 Å². The fraction of sp³-hybridized carbons (Fsp3) is 0.435. The third kappa shape index (κ3) is 5.68. The molecule has 0 bridgehead atoms. The summed E-state index contributed by atoms with van der Waals surface area (Å²) in [6.07, 6.45) is 0.788. The molecule has 0 unspecified atom stereocenters. The minimum atomic E-state index is -3.35. The van der Waals surface area contributed by atoms with Gasteiger partial charge in [0.1, 0.15) is 0 Å². The maximum Gasteiger partial charge on any atom is 0.251 e. The largest absolute Gasteiger partial charge is 0.345 e. The van der Waals surface area contributed by atoms with Gasteiger partial charge in [-0.1, -0.05) is 48.9 Å². The molecule has 1 saturated heterocycles. The van der Waals surface area contributed by atoms with Gasteiger partial charge in [-0.05, 0) is 43.7 Å². The average Bonchev–Trinajstić information content (AvgIpc) is 2.73. The van der Waals surface area contributed by atoms with E-state index < -0.39 is 10.0 Å². The lowest BCUT2D eigenvalue weighted by molar-refractivity contribution is 0.0935. The second-order valence-corrected chi connectivity index (χ2v) is 9.97. The topological polar surface area (TPSA) is 69.7 Å². The number of amides is 1. The molecule has 6 nitrogen and oxygen atoms in total. The lowest BCUT2D eigenvalue weighted by atomic mass is 10.0. The van der Waals surface area contributed by atoms with Gasteiger partial charge in [-0.15, -0.1) is 0 Å². The molecule has 1 aliphatic heterocycles. The molecule has 0 aromatic heterocycles. The Labute approximate surface area is 179 Å². The van der Waals surface area contributed by atoms with Crippen molar-refractivity contribution in [3.8, 4) is 0 Å². The Morgan fingerprint density at radius 1 is 1.00 bits per heavy atom. The molecule has 0 aliphatic carbocycles. The number of aryl methyl sites for hydroxylation is 1. The minimum Gasteiger partial charge on any atom is -0.345 e. The van der Waals surface area contributed by atoms with Crippen LogP contribution in [0.1, 0.15) is 46.4 Å². The van der Waals surface area contributed by atoms with Gasteiger partial charge in [0.05, 0.1) is 11.8 Å². The highest BCUT2D eigenvalue weighted by Crippen LogP contribution is 2.19. The van der Waals surface area contributed by atoms with Crippen molar-refractivity contribution in [2.75, 3.05) is 33.2 Å². The third-order valence-corrected chi connectivity index (χ3v) is 7.46. The molecule has 1 N–H and O–H groups in total. The van der Waals surface area contributed by atoms with Crippen LogP contribution in [0.5, 0.6) is 0 Å². The Bertz CT molecular complexity index is 948. The number of nitrogens with one attached hydrogen (secondary N) is 1. The molecular weight excluding hydrogens is 398 g/mol. The van der Waals surface area contributed by atoms with E-state index in [0.717, 1.165) is 25.1 Å². The lowest BCUT2D eigenvalue weighted by Crippen LogP contribution is -2.47. The monoisotopic (exact) mass is 429 g/mol. The first-order valence-corrected chi connectivity index (χ1v) is 12.0. The van der Waals surface area contributed by atoms with Crippen molar-refractivity contribution in [3.63, 3.8) is 0 Å². The van der Waals surface area contributed by atoms with Crippen molar-refractivity contribution in [2.45, 2.75) is 32.1 Å². The number of nitrogens with zero attached hydrogens (tertiary/aromatic N) is 2. The number of carbonyl (C=O) groups excluding carboxylic acids is 1. The first kappa shape index (κ1) is 22.5. The van der Waals surface area contributed by atoms with Gasteiger partial charge in [-0.2, -0.15) is 4.31 Å². The van der Waals surface area contributed by atoms with Crippen LogP contribution in [0, 0.1) is 6.92 Å². The van der Waals surface area contributed by atoms with Crippen LogP contribution < -0.4 is 5.32 Å². The Balaban J connectivity index is 1.63. The molecule has 2 aromatic carbocycles. The van der Waals surface area contributed by atoms with Crippen LogP contribution >= 0.6 is 0 Å². The molecule has 0 radical (unpaired) electrons. The quantitative estimate of drug-likeness (QED) is 0.735. The first-order chi connectivity index (χ1) is 14.3. The van der Waals surface area contributed by atoms with E-state index >= 15 is 0 Å². The number of carbonyl (C=O) groups is 1. The highest BCUT2D eigenvalue weighted by atomic mass is 32.2. The van der Waals surface area contributed by atoms with Crippen molar-refractivity contribution < 1.29 is 13.2 Å². The molecule has 1 fully saturated rings. The fourth-order valence-corrected chi connectivity index (χ4v) is 5.10. The predicted molar refractivity (Wildman–Crippen MR) is 120 cm³/mol. The summed E-state index contributed by atoms with van der Waals surface area (Å²) in [5, 5.41) is 3.07. The SMILES string of the molecule is CC[C@@H](NC(=O)c1ccc(CS(=O)(=O)N2CCN(C)CC2)cc1)c1ccc(C)cc1. The molecule has 0 spiro atoms. The van der Waals surface area contributed by atoms with Gasteiger partial charge in [0.2, 0.25) is 10.0 Å². The Morgan fingerprint density at radius 2 is 1.60 bits per heavy atom. The van der Waals surface area contributed by atoms with E-state index in [-0.39, 0.29) is 17.7 Å². The van der Waals surface area contributed by atoms with E-state index in [1.165, 1.54) is 5.56 Å². The number of hydrogen-bond donors (Lipinski definition) is 1. The maximum absolute atomic E-state index is 12.7. The first-order valence-electron chi connectivity index (χ1n) is 10.4. The third-order valence-electron chi connectivity index (χ3n) is 5.61. The summed E-state index contributed by atoms with van der Waals surface area (Å²) in [7, 11) is -1.35. The fourth-order valence-electron chi connectivity index (χ4n) is 3.58. The summed E-state index contributed by atoms with van der Waals surface area (Å²) >= 11 is 0. The standard InChI is InChI=1S/C23H31N3O3S/c1-4-22(20-9-5-18(2)6-10-20)24-23(27)21-11-7-19(8-12-21)17-30(28,29)26-15-13-25(3)14-16-26/h5-12,22H,4,13-17H2,1-3H3,(H,24,27)/t22-/m1/s1. The highest BCUT2D eigenvalue weighted by Gasteiger charge is 2.26. The number of benzene rings is 2. The van der Waals surface area contributed by atoms with Gasteiger partial charge in [-0.25, -0.2) is 8.42 Å². The van der Waals surface area contributed by atoms with Crippen LogP contribution in [0.2, 0.25) is 0 Å². The molecule has 1 amide bonds. The summed E-state index contributed by atoms with van der Waals surface area (Å²) in [5.41, 5.74) is 3.48. The van der Waals surface area contributed by atoms with Crippen LogP contribution in [-0.4, -0.2) is 56.8 Å². The van der Waals surface area contributed by atoms with Crippen LogP contribution in [0.4, 0.5) is 0 Å². The molecule has 3 rings (SSSR count). The molecule has 7 heteroatoms. The summed E-state index contributed by atoms with van der Waals surface area (Å²) in [5.74, 6) is -0.199. The van der Waals surface area contributed by atoms with E-state index in [9.17, 15) is 13.2 Å². The van der Waals surface area contributed by atoms with E-state index in [0.29, 0.717) is 24.2 Å². The number of piperazine rings is 1. The second kappa shape index (κ2) is 9.73. The molecule has 1 aliphatic rings. The van der Waals surface area contributed by atoms with Gasteiger partial charge in [-0.3, -0.25) is 4.79 Å². The molecule has 1 atom stereocenters. The number of likely N-dealkylation sites (N-methyl/N-ethyl adjacent to an activating group) is 1. The zero-order valence-electron chi connectivity index (χ0n) is 18.0. The van der Waals surface area contributed by atoms with Gasteiger partial charge in [0.25, 0.3) is 5.91 Å². The summed E-state index contributed by atoms with van der Waals surface area (Å²) < 4.78 is 26.9. The predicted octanol–water partition coefficient (Wildman–Crippen LogP) is 2.95. The molecule has 30 heavy (non-hydrogen) atoms. The average molecular weight is 430 g/mol. The number of hydrogen-bond acceptors (Lipinski definition) is 4. The summed E-state index contributed by atoms with van der Waals surface area (Å²) in [6.45, 7) is 6.62. The van der Waals surface area contributed by atoms with Gasteiger partial charge in [0, 0.05) is 31.7 Å². The summed E-state index contributed by atoms with van der Waals surface area (Å²) in [6, 6.07) is 15.0. The maximum atomic E-state index is 12.7. The second-order valence-electron chi connectivity index (χ2n) is 8.00. The smallest absolute Gasteiger partial charge is 0.251 e. The van der Waals surface area contributed by atoms with Crippen LogP contribution in [0.15, 0.2) is 48.5 Å². The zero-order chi connectivity index (χ0) is 21.7. The van der Waals surface area contributed by atoms with E-state index in [1.807, 2.05) is 45.2 Å². The summed E-state index contributed by atoms with van der Waals surface area (Å²) in [4.78, 5) is 14.8. The van der Waals surface area contributed by atoms with Crippen molar-refractivity contribution in [1.82, 2.24) is 14.5 Å². The lowest BCUT2D eigenvalue weighted by Gasteiger charge is -2.31. The van der Waals surface area contributed by atoms with E-state index in [1.54, 1.807) is 28.6 Å². The Morgan fingerprint density at radius 3 is 2.17 bits per heavy atom. The molecule has 162 valence electrons. The van der Waals surface area contributed by atoms with Crippen LogP contribution in [-0.2, 0) is 15.8 Å². The van der Waals surface area contributed by atoms with Crippen LogP contribution in [0.3, 0.4) is 0 Å². The Kier molecular flexibility index (Phi) is 7.28. The molecular formula is C23H31N3O3S. The number of sulfonamides is 1. The van der Waals surface area contributed by atoms with E-state index in [2.05, 4.69) is 10.2 Å². The minimum absolute atomic E-state index is 0.0421. The van der Waals surface area contributed by atoms with Crippen molar-refractivity contribution in [2.24, 2.45) is 0 Å². The normalized spacial score (nSPS) is 16.9. The van der Waals surface area contributed by atoms with E-state index in [4.69, 9.17) is 0 Å². The number of rotatable bonds is 7. The van der Waals surface area contributed by atoms with Gasteiger partial charge in [0.15, 0.2) is 0 Å². The molecule has 1 heterocycles.